The van der Waals surface area contributed by atoms with Crippen molar-refractivity contribution in [3.63, 3.8) is 0 Å². The second-order valence-electron chi connectivity index (χ2n) is 4.67. The molecule has 2 rings (SSSR count). The number of aryl methyl sites for hydroxylation is 2. The minimum absolute atomic E-state index is 0.00122. The molecule has 0 fully saturated rings. The number of Topliss-reactive ketones (excluding diaryl/α,β-unsaturated/α-hetero) is 1. The zero-order chi connectivity index (χ0) is 15.2. The van der Waals surface area contributed by atoms with Crippen LogP contribution in [0.5, 0.6) is 11.5 Å². The van der Waals surface area contributed by atoms with Crippen molar-refractivity contribution in [3.8, 4) is 11.5 Å². The van der Waals surface area contributed by atoms with Gasteiger partial charge in [0.25, 0.3) is 0 Å². The normalized spacial score (nSPS) is 10.4. The number of ketones is 1. The van der Waals surface area contributed by atoms with Crippen LogP contribution in [0.15, 0.2) is 30.3 Å². The highest BCUT2D eigenvalue weighted by Crippen LogP contribution is 2.28. The molecule has 1 aromatic heterocycles. The van der Waals surface area contributed by atoms with Crippen LogP contribution in [-0.4, -0.2) is 19.5 Å². The summed E-state index contributed by atoms with van der Waals surface area (Å²) in [5.74, 6) is 1.28. The van der Waals surface area contributed by atoms with E-state index in [0.717, 1.165) is 17.7 Å². The number of thiophene rings is 1. The first kappa shape index (κ1) is 15.6. The fourth-order valence-corrected chi connectivity index (χ4v) is 2.86. The molecule has 0 N–H and O–H groups in total. The van der Waals surface area contributed by atoms with Crippen molar-refractivity contribution in [1.82, 2.24) is 0 Å². The topological polar surface area (TPSA) is 35.5 Å². The molecule has 0 aliphatic rings. The molecule has 4 heteroatoms. The van der Waals surface area contributed by atoms with Gasteiger partial charge in [-0.05, 0) is 42.7 Å². The summed E-state index contributed by atoms with van der Waals surface area (Å²) in [5, 5.41) is 0. The highest BCUT2D eigenvalue weighted by atomic mass is 32.1. The van der Waals surface area contributed by atoms with E-state index in [9.17, 15) is 4.79 Å². The lowest BCUT2D eigenvalue weighted by atomic mass is 10.1. The predicted molar refractivity (Wildman–Crippen MR) is 85.9 cm³/mol. The van der Waals surface area contributed by atoms with Gasteiger partial charge in [-0.2, -0.15) is 0 Å². The molecule has 21 heavy (non-hydrogen) atoms. The Kier molecular flexibility index (Phi) is 5.39. The number of benzene rings is 1. The fourth-order valence-electron chi connectivity index (χ4n) is 1.98. The number of carbonyl (C=O) groups excluding carboxylic acids is 1. The highest BCUT2D eigenvalue weighted by molar-refractivity contribution is 7.14. The van der Waals surface area contributed by atoms with Gasteiger partial charge >= 0.3 is 0 Å². The summed E-state index contributed by atoms with van der Waals surface area (Å²) in [6.07, 6.45) is 1.88. The number of ether oxygens (including phenoxy) is 2. The molecule has 0 amide bonds. The summed E-state index contributed by atoms with van der Waals surface area (Å²) in [7, 11) is 1.61. The Morgan fingerprint density at radius 3 is 2.52 bits per heavy atom. The zero-order valence-electron chi connectivity index (χ0n) is 12.6. The van der Waals surface area contributed by atoms with E-state index in [1.807, 2.05) is 30.3 Å². The van der Waals surface area contributed by atoms with E-state index in [1.54, 1.807) is 7.11 Å². The summed E-state index contributed by atoms with van der Waals surface area (Å²) >= 11 is 1.53. The molecular formula is C17H20O3S. The lowest BCUT2D eigenvalue weighted by molar-refractivity contribution is 0.0923. The molecule has 0 spiro atoms. The SMILES string of the molecule is CCc1ccc(OCC(=O)c2ccc(CC)s2)c(OC)c1. The third-order valence-corrected chi connectivity index (χ3v) is 4.55. The summed E-state index contributed by atoms with van der Waals surface area (Å²) in [5.41, 5.74) is 1.18. The van der Waals surface area contributed by atoms with E-state index < -0.39 is 0 Å². The van der Waals surface area contributed by atoms with E-state index in [2.05, 4.69) is 13.8 Å². The van der Waals surface area contributed by atoms with Gasteiger partial charge in [-0.1, -0.05) is 19.9 Å². The Morgan fingerprint density at radius 1 is 1.10 bits per heavy atom. The summed E-state index contributed by atoms with van der Waals surface area (Å²) in [4.78, 5) is 14.1. The van der Waals surface area contributed by atoms with Crippen molar-refractivity contribution in [2.45, 2.75) is 26.7 Å². The first-order valence-electron chi connectivity index (χ1n) is 7.09. The van der Waals surface area contributed by atoms with Crippen LogP contribution in [0.2, 0.25) is 0 Å². The quantitative estimate of drug-likeness (QED) is 0.721. The van der Waals surface area contributed by atoms with E-state index in [-0.39, 0.29) is 12.4 Å². The van der Waals surface area contributed by atoms with Gasteiger partial charge in [0, 0.05) is 4.88 Å². The molecule has 3 nitrogen and oxygen atoms in total. The Labute approximate surface area is 129 Å². The maximum absolute atomic E-state index is 12.1. The van der Waals surface area contributed by atoms with E-state index in [0.29, 0.717) is 11.5 Å². The third kappa shape index (κ3) is 3.85. The maximum atomic E-state index is 12.1. The van der Waals surface area contributed by atoms with Crippen molar-refractivity contribution >= 4 is 17.1 Å². The van der Waals surface area contributed by atoms with Crippen LogP contribution < -0.4 is 9.47 Å². The molecule has 1 aromatic carbocycles. The van der Waals surface area contributed by atoms with Crippen molar-refractivity contribution in [2.75, 3.05) is 13.7 Å². The average Bonchev–Trinajstić information content (AvgIpc) is 3.01. The van der Waals surface area contributed by atoms with Crippen LogP contribution in [0, 0.1) is 0 Å². The molecule has 0 saturated carbocycles. The zero-order valence-corrected chi connectivity index (χ0v) is 13.5. The number of hydrogen-bond donors (Lipinski definition) is 0. The second kappa shape index (κ2) is 7.27. The van der Waals surface area contributed by atoms with Gasteiger partial charge in [-0.15, -0.1) is 11.3 Å². The van der Waals surface area contributed by atoms with Crippen molar-refractivity contribution < 1.29 is 14.3 Å². The van der Waals surface area contributed by atoms with Crippen molar-refractivity contribution in [1.29, 1.82) is 0 Å². The molecule has 0 atom stereocenters. The first-order valence-corrected chi connectivity index (χ1v) is 7.91. The Bertz CT molecular complexity index is 616. The monoisotopic (exact) mass is 304 g/mol. The maximum Gasteiger partial charge on any atom is 0.210 e. The van der Waals surface area contributed by atoms with Crippen LogP contribution in [0.4, 0.5) is 0 Å². The van der Waals surface area contributed by atoms with E-state index in [4.69, 9.17) is 9.47 Å². The number of carbonyl (C=O) groups is 1. The molecule has 0 bridgehead atoms. The lowest BCUT2D eigenvalue weighted by Crippen LogP contribution is -2.10. The molecule has 0 aliphatic carbocycles. The van der Waals surface area contributed by atoms with Crippen LogP contribution in [0.25, 0.3) is 0 Å². The summed E-state index contributed by atoms with van der Waals surface area (Å²) in [6.45, 7) is 4.20. The second-order valence-corrected chi connectivity index (χ2v) is 5.84. The van der Waals surface area contributed by atoms with Crippen LogP contribution in [-0.2, 0) is 12.8 Å². The van der Waals surface area contributed by atoms with Gasteiger partial charge < -0.3 is 9.47 Å². The number of rotatable bonds is 7. The van der Waals surface area contributed by atoms with Gasteiger partial charge in [0.2, 0.25) is 5.78 Å². The van der Waals surface area contributed by atoms with E-state index in [1.165, 1.54) is 21.8 Å². The molecule has 0 unspecified atom stereocenters. The van der Waals surface area contributed by atoms with Crippen LogP contribution >= 0.6 is 11.3 Å². The third-order valence-electron chi connectivity index (χ3n) is 3.28. The van der Waals surface area contributed by atoms with Crippen LogP contribution in [0.3, 0.4) is 0 Å². The predicted octanol–water partition coefficient (Wildman–Crippen LogP) is 4.14. The molecule has 0 saturated heterocycles. The Balaban J connectivity index is 2.03. The molecular weight excluding hydrogens is 284 g/mol. The minimum atomic E-state index is 0.00122. The van der Waals surface area contributed by atoms with Crippen LogP contribution in [0.1, 0.15) is 34.0 Å². The molecule has 2 aromatic rings. The van der Waals surface area contributed by atoms with Gasteiger partial charge in [0.15, 0.2) is 18.1 Å². The standard InChI is InChI=1S/C17H20O3S/c1-4-12-6-8-15(16(10-12)19-3)20-11-14(18)17-9-7-13(5-2)21-17/h6-10H,4-5,11H2,1-3H3. The Morgan fingerprint density at radius 2 is 1.90 bits per heavy atom. The van der Waals surface area contributed by atoms with Gasteiger partial charge in [-0.25, -0.2) is 0 Å². The first-order chi connectivity index (χ1) is 10.2. The minimum Gasteiger partial charge on any atom is -0.493 e. The van der Waals surface area contributed by atoms with Crippen molar-refractivity contribution in [2.24, 2.45) is 0 Å². The fraction of sp³-hybridized carbons (Fsp3) is 0.353. The Hall–Kier alpha value is -1.81. The molecule has 0 radical (unpaired) electrons. The summed E-state index contributed by atoms with van der Waals surface area (Å²) in [6, 6.07) is 9.65. The van der Waals surface area contributed by atoms with Crippen molar-refractivity contribution in [3.05, 3.63) is 45.6 Å². The molecule has 0 aliphatic heterocycles. The van der Waals surface area contributed by atoms with Gasteiger partial charge in [0.1, 0.15) is 0 Å². The average molecular weight is 304 g/mol. The molecule has 112 valence electrons. The van der Waals surface area contributed by atoms with Gasteiger partial charge in [-0.3, -0.25) is 4.79 Å². The number of methoxy groups -OCH3 is 1. The summed E-state index contributed by atoms with van der Waals surface area (Å²) < 4.78 is 10.9. The van der Waals surface area contributed by atoms with Gasteiger partial charge in [0.05, 0.1) is 12.0 Å². The highest BCUT2D eigenvalue weighted by Gasteiger charge is 2.12. The van der Waals surface area contributed by atoms with E-state index >= 15 is 0 Å². The largest absolute Gasteiger partial charge is 0.493 e. The number of hydrogen-bond acceptors (Lipinski definition) is 4. The lowest BCUT2D eigenvalue weighted by Gasteiger charge is -2.11. The molecule has 1 heterocycles. The smallest absolute Gasteiger partial charge is 0.210 e.